The summed E-state index contributed by atoms with van der Waals surface area (Å²) in [4.78, 5) is 12.9. The maximum Gasteiger partial charge on any atom is 0.233 e. The molecule has 1 aromatic rings. The summed E-state index contributed by atoms with van der Waals surface area (Å²) in [7, 11) is 1.94. The van der Waals surface area contributed by atoms with Gasteiger partial charge in [-0.2, -0.15) is 0 Å². The van der Waals surface area contributed by atoms with E-state index in [-0.39, 0.29) is 10.8 Å². The highest BCUT2D eigenvalue weighted by molar-refractivity contribution is 5.26. The second-order valence-corrected chi connectivity index (χ2v) is 4.59. The van der Waals surface area contributed by atoms with Crippen LogP contribution in [0.25, 0.3) is 0 Å². The highest BCUT2D eigenvalue weighted by atomic mass is 16.6. The molecule has 0 aromatic heterocycles. The van der Waals surface area contributed by atoms with Gasteiger partial charge in [0, 0.05) is 11.5 Å². The number of likely N-dealkylation sites (tertiary alicyclic amines) is 1. The van der Waals surface area contributed by atoms with Crippen molar-refractivity contribution in [1.82, 2.24) is 4.90 Å². The summed E-state index contributed by atoms with van der Waals surface area (Å²) in [5.74, 6) is 0.0283. The van der Waals surface area contributed by atoms with Gasteiger partial charge in [0.25, 0.3) is 0 Å². The van der Waals surface area contributed by atoms with Crippen molar-refractivity contribution < 1.29 is 4.92 Å². The summed E-state index contributed by atoms with van der Waals surface area (Å²) >= 11 is 0. The Morgan fingerprint density at radius 3 is 2.50 bits per heavy atom. The number of nitrogens with zero attached hydrogens (tertiary/aromatic N) is 2. The molecule has 1 aliphatic rings. The second-order valence-electron chi connectivity index (χ2n) is 4.59. The monoisotopic (exact) mass is 220 g/mol. The first-order valence-electron chi connectivity index (χ1n) is 5.46. The van der Waals surface area contributed by atoms with Gasteiger partial charge in [-0.1, -0.05) is 29.8 Å². The summed E-state index contributed by atoms with van der Waals surface area (Å²) in [6.07, 6.45) is 0. The zero-order chi connectivity index (χ0) is 11.7. The molecule has 2 atom stereocenters. The third-order valence-electron chi connectivity index (χ3n) is 3.25. The van der Waals surface area contributed by atoms with E-state index in [0.717, 1.165) is 12.1 Å². The molecule has 0 saturated carbocycles. The number of benzene rings is 1. The molecule has 0 radical (unpaired) electrons. The van der Waals surface area contributed by atoms with Gasteiger partial charge in [-0.05, 0) is 19.5 Å². The van der Waals surface area contributed by atoms with Gasteiger partial charge >= 0.3 is 0 Å². The van der Waals surface area contributed by atoms with E-state index in [0.29, 0.717) is 6.54 Å². The fourth-order valence-electron chi connectivity index (χ4n) is 2.33. The fraction of sp³-hybridized carbons (Fsp3) is 0.500. The first kappa shape index (κ1) is 11.1. The number of likely N-dealkylation sites (N-methyl/N-ethyl adjacent to an activating group) is 1. The smallest absolute Gasteiger partial charge is 0.233 e. The third-order valence-corrected chi connectivity index (χ3v) is 3.25. The molecule has 0 bridgehead atoms. The van der Waals surface area contributed by atoms with Crippen LogP contribution in [0.2, 0.25) is 0 Å². The number of hydrogen-bond donors (Lipinski definition) is 0. The van der Waals surface area contributed by atoms with E-state index in [1.165, 1.54) is 5.56 Å². The molecule has 1 heterocycles. The van der Waals surface area contributed by atoms with Gasteiger partial charge in [-0.3, -0.25) is 15.0 Å². The number of hydrogen-bond acceptors (Lipinski definition) is 3. The molecular formula is C12H16N2O2. The molecule has 2 unspecified atom stereocenters. The van der Waals surface area contributed by atoms with Gasteiger partial charge in [-0.15, -0.1) is 0 Å². The van der Waals surface area contributed by atoms with Crippen molar-refractivity contribution in [2.24, 2.45) is 0 Å². The summed E-state index contributed by atoms with van der Waals surface area (Å²) in [5, 5.41) is 11.0. The Morgan fingerprint density at radius 2 is 1.94 bits per heavy atom. The van der Waals surface area contributed by atoms with E-state index < -0.39 is 6.04 Å². The SMILES string of the molecule is Cc1ccc(C2CN(C)CC2[N+](=O)[O-])cc1. The molecule has 1 saturated heterocycles. The lowest BCUT2D eigenvalue weighted by Gasteiger charge is -2.12. The van der Waals surface area contributed by atoms with E-state index in [1.54, 1.807) is 0 Å². The molecule has 0 amide bonds. The minimum Gasteiger partial charge on any atom is -0.299 e. The fourth-order valence-corrected chi connectivity index (χ4v) is 2.33. The van der Waals surface area contributed by atoms with E-state index >= 15 is 0 Å². The largest absolute Gasteiger partial charge is 0.299 e. The Kier molecular flexibility index (Phi) is 2.92. The molecule has 1 aromatic carbocycles. The summed E-state index contributed by atoms with van der Waals surface area (Å²) in [6, 6.07) is 7.59. The molecule has 16 heavy (non-hydrogen) atoms. The first-order chi connectivity index (χ1) is 7.58. The zero-order valence-electron chi connectivity index (χ0n) is 9.59. The molecule has 1 fully saturated rings. The maximum atomic E-state index is 11.0. The van der Waals surface area contributed by atoms with Crippen LogP contribution in [0.3, 0.4) is 0 Å². The van der Waals surface area contributed by atoms with Crippen molar-refractivity contribution in [1.29, 1.82) is 0 Å². The molecule has 1 aliphatic heterocycles. The quantitative estimate of drug-likeness (QED) is 0.562. The highest BCUT2D eigenvalue weighted by Crippen LogP contribution is 2.28. The van der Waals surface area contributed by atoms with Crippen molar-refractivity contribution in [3.8, 4) is 0 Å². The predicted octanol–water partition coefficient (Wildman–Crippen LogP) is 1.67. The normalized spacial score (nSPS) is 25.9. The minimum atomic E-state index is -0.465. The van der Waals surface area contributed by atoms with Crippen LogP contribution < -0.4 is 0 Å². The van der Waals surface area contributed by atoms with Crippen LogP contribution in [0.4, 0.5) is 0 Å². The lowest BCUT2D eigenvalue weighted by Crippen LogP contribution is -2.27. The Balaban J connectivity index is 2.25. The van der Waals surface area contributed by atoms with Crippen molar-refractivity contribution in [3.63, 3.8) is 0 Å². The van der Waals surface area contributed by atoms with Crippen LogP contribution in [-0.2, 0) is 0 Å². The highest BCUT2D eigenvalue weighted by Gasteiger charge is 2.40. The molecule has 0 N–H and O–H groups in total. The van der Waals surface area contributed by atoms with Crippen molar-refractivity contribution in [2.45, 2.75) is 18.9 Å². The number of aryl methyl sites for hydroxylation is 1. The van der Waals surface area contributed by atoms with E-state index in [4.69, 9.17) is 0 Å². The van der Waals surface area contributed by atoms with E-state index in [1.807, 2.05) is 43.1 Å². The van der Waals surface area contributed by atoms with Gasteiger partial charge in [0.15, 0.2) is 0 Å². The molecule has 4 nitrogen and oxygen atoms in total. The Bertz CT molecular complexity index is 389. The van der Waals surface area contributed by atoms with Crippen molar-refractivity contribution in [2.75, 3.05) is 20.1 Å². The summed E-state index contributed by atoms with van der Waals surface area (Å²) in [6.45, 7) is 3.34. The number of rotatable bonds is 2. The van der Waals surface area contributed by atoms with E-state index in [9.17, 15) is 10.1 Å². The average molecular weight is 220 g/mol. The van der Waals surface area contributed by atoms with Crippen LogP contribution in [0.15, 0.2) is 24.3 Å². The van der Waals surface area contributed by atoms with Crippen LogP contribution >= 0.6 is 0 Å². The van der Waals surface area contributed by atoms with Crippen LogP contribution in [0, 0.1) is 17.0 Å². The molecule has 0 aliphatic carbocycles. The van der Waals surface area contributed by atoms with Crippen LogP contribution in [-0.4, -0.2) is 36.0 Å². The van der Waals surface area contributed by atoms with Crippen molar-refractivity contribution in [3.05, 3.63) is 45.5 Å². The molecule has 0 spiro atoms. The zero-order valence-corrected chi connectivity index (χ0v) is 9.59. The van der Waals surface area contributed by atoms with Gasteiger partial charge in [-0.25, -0.2) is 0 Å². The average Bonchev–Trinajstić information content (AvgIpc) is 2.61. The standard InChI is InChI=1S/C12H16N2O2/c1-9-3-5-10(6-4-9)11-7-13(2)8-12(11)14(15)16/h3-6,11-12H,7-8H2,1-2H3. The Labute approximate surface area is 95.0 Å². The van der Waals surface area contributed by atoms with Gasteiger partial charge in [0.1, 0.15) is 0 Å². The van der Waals surface area contributed by atoms with E-state index in [2.05, 4.69) is 0 Å². The third kappa shape index (κ3) is 2.07. The lowest BCUT2D eigenvalue weighted by molar-refractivity contribution is -0.521. The van der Waals surface area contributed by atoms with Crippen LogP contribution in [0.5, 0.6) is 0 Å². The van der Waals surface area contributed by atoms with Gasteiger partial charge < -0.3 is 0 Å². The van der Waals surface area contributed by atoms with Gasteiger partial charge in [0.2, 0.25) is 6.04 Å². The van der Waals surface area contributed by atoms with Crippen LogP contribution in [0.1, 0.15) is 17.0 Å². The Hall–Kier alpha value is -1.42. The maximum absolute atomic E-state index is 11.0. The topological polar surface area (TPSA) is 46.4 Å². The molecule has 4 heteroatoms. The number of nitro groups is 1. The molecular weight excluding hydrogens is 204 g/mol. The molecule has 86 valence electrons. The first-order valence-corrected chi connectivity index (χ1v) is 5.46. The predicted molar refractivity (Wildman–Crippen MR) is 62.2 cm³/mol. The Morgan fingerprint density at radius 1 is 1.31 bits per heavy atom. The minimum absolute atomic E-state index is 0.0283. The van der Waals surface area contributed by atoms with Crippen molar-refractivity contribution >= 4 is 0 Å². The molecule has 2 rings (SSSR count). The summed E-state index contributed by atoms with van der Waals surface area (Å²) in [5.41, 5.74) is 2.27. The second kappa shape index (κ2) is 4.22. The summed E-state index contributed by atoms with van der Waals surface area (Å²) < 4.78 is 0. The van der Waals surface area contributed by atoms with Gasteiger partial charge in [0.05, 0.1) is 12.5 Å². The lowest BCUT2D eigenvalue weighted by atomic mass is 9.94.